The summed E-state index contributed by atoms with van der Waals surface area (Å²) in [5.74, 6) is -0.219. The first-order valence-electron chi connectivity index (χ1n) is 8.73. The summed E-state index contributed by atoms with van der Waals surface area (Å²) in [7, 11) is -3.36. The van der Waals surface area contributed by atoms with Crippen molar-refractivity contribution in [2.45, 2.75) is 25.7 Å². The van der Waals surface area contributed by atoms with Gasteiger partial charge in [0.2, 0.25) is 5.91 Å². The monoisotopic (exact) mass is 422 g/mol. The van der Waals surface area contributed by atoms with Crippen molar-refractivity contribution in [3.8, 4) is 0 Å². The second-order valence-corrected chi connectivity index (χ2v) is 8.56. The molecule has 28 heavy (non-hydrogen) atoms. The minimum Gasteiger partial charge on any atom is -0.372 e. The first-order chi connectivity index (χ1) is 13.2. The van der Waals surface area contributed by atoms with E-state index in [-0.39, 0.29) is 15.8 Å². The smallest absolute Gasteiger partial charge is 0.221 e. The van der Waals surface area contributed by atoms with Gasteiger partial charge in [0, 0.05) is 32.0 Å². The number of benzene rings is 2. The van der Waals surface area contributed by atoms with Crippen LogP contribution in [0.1, 0.15) is 20.8 Å². The molecule has 1 N–H and O–H groups in total. The molecule has 0 aliphatic carbocycles. The van der Waals surface area contributed by atoms with E-state index < -0.39 is 9.84 Å². The van der Waals surface area contributed by atoms with Gasteiger partial charge >= 0.3 is 0 Å². The number of hydrogen-bond donors (Lipinski definition) is 1. The lowest BCUT2D eigenvalue weighted by Crippen LogP contribution is -2.21. The Hall–Kier alpha value is -2.45. The summed E-state index contributed by atoms with van der Waals surface area (Å²) in [6.45, 7) is 7.19. The van der Waals surface area contributed by atoms with E-state index in [9.17, 15) is 13.2 Å². The number of anilines is 2. The van der Waals surface area contributed by atoms with Crippen molar-refractivity contribution in [3.05, 3.63) is 41.4 Å². The van der Waals surface area contributed by atoms with Gasteiger partial charge in [-0.25, -0.2) is 8.42 Å². The lowest BCUT2D eigenvalue weighted by atomic mass is 10.2. The zero-order valence-electron chi connectivity index (χ0n) is 16.2. The van der Waals surface area contributed by atoms with Gasteiger partial charge in [0.25, 0.3) is 0 Å². The number of sulfone groups is 1. The summed E-state index contributed by atoms with van der Waals surface area (Å²) >= 11 is 6.14. The van der Waals surface area contributed by atoms with Crippen molar-refractivity contribution >= 4 is 50.1 Å². The number of amides is 1. The third-order valence-corrected chi connectivity index (χ3v) is 5.45. The first-order valence-corrected chi connectivity index (χ1v) is 11.0. The van der Waals surface area contributed by atoms with Crippen LogP contribution in [0.25, 0.3) is 0 Å². The molecule has 2 aromatic rings. The average molecular weight is 423 g/mol. The summed E-state index contributed by atoms with van der Waals surface area (Å²) < 4.78 is 23.2. The summed E-state index contributed by atoms with van der Waals surface area (Å²) in [6.07, 6.45) is 1.11. The van der Waals surface area contributed by atoms with E-state index in [0.717, 1.165) is 25.0 Å². The Morgan fingerprint density at radius 2 is 1.68 bits per heavy atom. The molecule has 0 aliphatic rings. The molecule has 0 saturated carbocycles. The van der Waals surface area contributed by atoms with Crippen molar-refractivity contribution in [1.82, 2.24) is 0 Å². The molecule has 2 aromatic carbocycles. The number of rotatable bonds is 7. The van der Waals surface area contributed by atoms with E-state index in [4.69, 9.17) is 11.6 Å². The zero-order valence-corrected chi connectivity index (χ0v) is 17.8. The number of halogens is 1. The van der Waals surface area contributed by atoms with E-state index in [0.29, 0.717) is 17.1 Å². The van der Waals surface area contributed by atoms with Gasteiger partial charge in [-0.2, -0.15) is 0 Å². The van der Waals surface area contributed by atoms with E-state index in [2.05, 4.69) is 34.3 Å². The minimum atomic E-state index is -3.36. The Bertz CT molecular complexity index is 1000. The maximum Gasteiger partial charge on any atom is 0.221 e. The highest BCUT2D eigenvalue weighted by molar-refractivity contribution is 7.90. The number of carbonyl (C=O) groups excluding carboxylic acids is 1. The molecule has 0 radical (unpaired) electrons. The summed E-state index contributed by atoms with van der Waals surface area (Å²) in [4.78, 5) is 13.8. The second-order valence-electron chi connectivity index (χ2n) is 6.14. The maximum absolute atomic E-state index is 11.6. The molecule has 0 fully saturated rings. The summed E-state index contributed by atoms with van der Waals surface area (Å²) in [6, 6.07) is 9.77. The van der Waals surface area contributed by atoms with Crippen LogP contribution in [0.4, 0.5) is 22.7 Å². The Kier molecular flexibility index (Phi) is 7.15. The highest BCUT2D eigenvalue weighted by Crippen LogP contribution is 2.34. The SMILES string of the molecule is CCN(CC)c1ccc(N=Nc2ccc(S(C)(=O)=O)cc2Cl)c(NC(C)=O)c1. The first kappa shape index (κ1) is 21.8. The summed E-state index contributed by atoms with van der Waals surface area (Å²) in [5.41, 5.74) is 2.29. The molecule has 0 heterocycles. The van der Waals surface area contributed by atoms with Gasteiger partial charge < -0.3 is 10.2 Å². The zero-order chi connectivity index (χ0) is 20.9. The van der Waals surface area contributed by atoms with Crippen molar-refractivity contribution in [3.63, 3.8) is 0 Å². The van der Waals surface area contributed by atoms with Crippen LogP contribution in [0, 0.1) is 0 Å². The van der Waals surface area contributed by atoms with Crippen LogP contribution in [-0.2, 0) is 14.6 Å². The van der Waals surface area contributed by atoms with Crippen LogP contribution < -0.4 is 10.2 Å². The molecule has 1 amide bonds. The number of azo groups is 1. The van der Waals surface area contributed by atoms with Crippen LogP contribution >= 0.6 is 11.6 Å². The van der Waals surface area contributed by atoms with Gasteiger partial charge in [-0.15, -0.1) is 10.2 Å². The standard InChI is InChI=1S/C19H23ClN4O3S/c1-5-24(6-2)14-7-9-18(19(11-14)21-13(3)25)23-22-17-10-8-15(12-16(17)20)28(4,26)27/h7-12H,5-6H2,1-4H3,(H,21,25). The van der Waals surface area contributed by atoms with Gasteiger partial charge in [-0.05, 0) is 50.2 Å². The minimum absolute atomic E-state index is 0.110. The van der Waals surface area contributed by atoms with Crippen molar-refractivity contribution in [2.75, 3.05) is 29.6 Å². The van der Waals surface area contributed by atoms with Crippen LogP contribution in [0.15, 0.2) is 51.5 Å². The fraction of sp³-hybridized carbons (Fsp3) is 0.316. The Balaban J connectivity index is 2.40. The molecular formula is C19H23ClN4O3S. The molecule has 7 nitrogen and oxygen atoms in total. The van der Waals surface area contributed by atoms with Gasteiger partial charge in [0.1, 0.15) is 11.4 Å². The number of nitrogens with one attached hydrogen (secondary N) is 1. The van der Waals surface area contributed by atoms with Crippen molar-refractivity contribution < 1.29 is 13.2 Å². The van der Waals surface area contributed by atoms with Crippen molar-refractivity contribution in [2.24, 2.45) is 10.2 Å². The summed E-state index contributed by atoms with van der Waals surface area (Å²) in [5, 5.41) is 11.2. The molecule has 0 atom stereocenters. The third kappa shape index (κ3) is 5.53. The van der Waals surface area contributed by atoms with Crippen LogP contribution in [-0.4, -0.2) is 33.7 Å². The lowest BCUT2D eigenvalue weighted by molar-refractivity contribution is -0.114. The molecular weight excluding hydrogens is 400 g/mol. The third-order valence-electron chi connectivity index (χ3n) is 4.03. The van der Waals surface area contributed by atoms with E-state index in [1.54, 1.807) is 6.07 Å². The van der Waals surface area contributed by atoms with E-state index in [1.807, 2.05) is 12.1 Å². The van der Waals surface area contributed by atoms with Crippen LogP contribution in [0.5, 0.6) is 0 Å². The fourth-order valence-electron chi connectivity index (χ4n) is 2.59. The van der Waals surface area contributed by atoms with Crippen LogP contribution in [0.2, 0.25) is 5.02 Å². The largest absolute Gasteiger partial charge is 0.372 e. The van der Waals surface area contributed by atoms with Gasteiger partial charge in [0.05, 0.1) is 15.6 Å². The molecule has 9 heteroatoms. The normalized spacial score (nSPS) is 11.6. The average Bonchev–Trinajstić information content (AvgIpc) is 2.61. The number of hydrogen-bond acceptors (Lipinski definition) is 6. The maximum atomic E-state index is 11.6. The predicted molar refractivity (Wildman–Crippen MR) is 113 cm³/mol. The molecule has 0 bridgehead atoms. The molecule has 2 rings (SSSR count). The Morgan fingerprint density at radius 1 is 1.07 bits per heavy atom. The topological polar surface area (TPSA) is 91.2 Å². The van der Waals surface area contributed by atoms with Crippen LogP contribution in [0.3, 0.4) is 0 Å². The highest BCUT2D eigenvalue weighted by Gasteiger charge is 2.11. The lowest BCUT2D eigenvalue weighted by Gasteiger charge is -2.22. The van der Waals surface area contributed by atoms with E-state index >= 15 is 0 Å². The molecule has 0 saturated heterocycles. The van der Waals surface area contributed by atoms with Gasteiger partial charge in [0.15, 0.2) is 9.84 Å². The van der Waals surface area contributed by atoms with Gasteiger partial charge in [-0.3, -0.25) is 4.79 Å². The van der Waals surface area contributed by atoms with E-state index in [1.165, 1.54) is 25.1 Å². The molecule has 150 valence electrons. The molecule has 0 spiro atoms. The Labute approximate surface area is 170 Å². The van der Waals surface area contributed by atoms with Crippen molar-refractivity contribution in [1.29, 1.82) is 0 Å². The highest BCUT2D eigenvalue weighted by atomic mass is 35.5. The van der Waals surface area contributed by atoms with Gasteiger partial charge in [-0.1, -0.05) is 11.6 Å². The molecule has 0 aliphatic heterocycles. The molecule has 0 unspecified atom stereocenters. The number of nitrogens with zero attached hydrogens (tertiary/aromatic N) is 3. The fourth-order valence-corrected chi connectivity index (χ4v) is 3.52. The molecule has 0 aromatic heterocycles. The quantitative estimate of drug-likeness (QED) is 0.638. The predicted octanol–water partition coefficient (Wildman–Crippen LogP) is 4.96. The Morgan fingerprint density at radius 3 is 2.21 bits per heavy atom. The second kappa shape index (κ2) is 9.16. The number of carbonyl (C=O) groups is 1.